The lowest BCUT2D eigenvalue weighted by molar-refractivity contribution is -0.0498. The van der Waals surface area contributed by atoms with E-state index in [1.54, 1.807) is 6.92 Å². The third kappa shape index (κ3) is 3.94. The standard InChI is InChI=1S/C11H12F2O3/c1-2-15-7-10(14)8-3-5-9(6-4-8)16-11(12)13/h3-6,11H,2,7H2,1H3. The second-order valence-electron chi connectivity index (χ2n) is 2.96. The third-order valence-corrected chi connectivity index (χ3v) is 1.84. The Bertz CT molecular complexity index is 336. The summed E-state index contributed by atoms with van der Waals surface area (Å²) in [5, 5.41) is 0. The molecule has 0 spiro atoms. The summed E-state index contributed by atoms with van der Waals surface area (Å²) in [4.78, 5) is 11.4. The van der Waals surface area contributed by atoms with Gasteiger partial charge in [-0.05, 0) is 31.2 Å². The third-order valence-electron chi connectivity index (χ3n) is 1.84. The lowest BCUT2D eigenvalue weighted by Crippen LogP contribution is -2.09. The van der Waals surface area contributed by atoms with Gasteiger partial charge >= 0.3 is 6.61 Å². The number of carbonyl (C=O) groups is 1. The van der Waals surface area contributed by atoms with Crippen LogP contribution in [0, 0.1) is 0 Å². The van der Waals surface area contributed by atoms with Crippen LogP contribution >= 0.6 is 0 Å². The van der Waals surface area contributed by atoms with Gasteiger partial charge in [0.1, 0.15) is 12.4 Å². The maximum absolute atomic E-state index is 11.8. The first-order valence-corrected chi connectivity index (χ1v) is 4.79. The number of rotatable bonds is 6. The van der Waals surface area contributed by atoms with Crippen molar-refractivity contribution in [2.45, 2.75) is 13.5 Å². The first-order valence-electron chi connectivity index (χ1n) is 4.79. The van der Waals surface area contributed by atoms with Crippen molar-refractivity contribution in [1.29, 1.82) is 0 Å². The van der Waals surface area contributed by atoms with Gasteiger partial charge in [0.25, 0.3) is 0 Å². The highest BCUT2D eigenvalue weighted by atomic mass is 19.3. The van der Waals surface area contributed by atoms with Crippen LogP contribution in [0.4, 0.5) is 8.78 Å². The van der Waals surface area contributed by atoms with Crippen LogP contribution in [0.2, 0.25) is 0 Å². The van der Waals surface area contributed by atoms with E-state index in [1.165, 1.54) is 24.3 Å². The summed E-state index contributed by atoms with van der Waals surface area (Å²) in [5.41, 5.74) is 0.412. The summed E-state index contributed by atoms with van der Waals surface area (Å²) in [5.74, 6) is -0.159. The largest absolute Gasteiger partial charge is 0.435 e. The molecule has 5 heteroatoms. The first kappa shape index (κ1) is 12.6. The van der Waals surface area contributed by atoms with E-state index in [0.717, 1.165) is 0 Å². The van der Waals surface area contributed by atoms with Gasteiger partial charge in [-0.2, -0.15) is 8.78 Å². The average Bonchev–Trinajstić information content (AvgIpc) is 2.26. The van der Waals surface area contributed by atoms with Gasteiger partial charge in [0, 0.05) is 12.2 Å². The predicted molar refractivity (Wildman–Crippen MR) is 53.9 cm³/mol. The highest BCUT2D eigenvalue weighted by Gasteiger charge is 2.07. The zero-order valence-electron chi connectivity index (χ0n) is 8.78. The number of ketones is 1. The molecular formula is C11H12F2O3. The fourth-order valence-corrected chi connectivity index (χ4v) is 1.10. The molecule has 88 valence electrons. The number of Topliss-reactive ketones (excluding diaryl/α,β-unsaturated/α-hetero) is 1. The summed E-state index contributed by atoms with van der Waals surface area (Å²) in [6.45, 7) is -0.624. The number of carbonyl (C=O) groups excluding carboxylic acids is 1. The quantitative estimate of drug-likeness (QED) is 0.704. The van der Waals surface area contributed by atoms with Gasteiger partial charge in [-0.3, -0.25) is 4.79 Å². The molecule has 0 amide bonds. The molecule has 1 aromatic carbocycles. The average molecular weight is 230 g/mol. The lowest BCUT2D eigenvalue weighted by Gasteiger charge is -2.05. The summed E-state index contributed by atoms with van der Waals surface area (Å²) < 4.78 is 32.8. The lowest BCUT2D eigenvalue weighted by atomic mass is 10.1. The molecule has 0 aliphatic carbocycles. The molecule has 0 saturated carbocycles. The molecule has 16 heavy (non-hydrogen) atoms. The molecule has 0 aromatic heterocycles. The van der Waals surface area contributed by atoms with Crippen LogP contribution in [-0.2, 0) is 4.74 Å². The number of hydrogen-bond donors (Lipinski definition) is 0. The smallest absolute Gasteiger partial charge is 0.387 e. The van der Waals surface area contributed by atoms with Gasteiger partial charge in [-0.1, -0.05) is 0 Å². The van der Waals surface area contributed by atoms with Gasteiger partial charge in [-0.25, -0.2) is 0 Å². The molecule has 1 rings (SSSR count). The molecule has 0 radical (unpaired) electrons. The number of benzene rings is 1. The van der Waals surface area contributed by atoms with Crippen LogP contribution in [0.3, 0.4) is 0 Å². The van der Waals surface area contributed by atoms with Crippen molar-refractivity contribution in [3.8, 4) is 5.75 Å². The molecule has 0 bridgehead atoms. The maximum Gasteiger partial charge on any atom is 0.387 e. The summed E-state index contributed by atoms with van der Waals surface area (Å²) >= 11 is 0. The number of alkyl halides is 2. The van der Waals surface area contributed by atoms with Gasteiger partial charge < -0.3 is 9.47 Å². The Hall–Kier alpha value is -1.49. The highest BCUT2D eigenvalue weighted by Crippen LogP contribution is 2.15. The Labute approximate surface area is 92.0 Å². The molecule has 0 saturated heterocycles. The maximum atomic E-state index is 11.8. The van der Waals surface area contributed by atoms with Crippen LogP contribution in [0.25, 0.3) is 0 Å². The van der Waals surface area contributed by atoms with E-state index in [9.17, 15) is 13.6 Å². The van der Waals surface area contributed by atoms with Crippen molar-refractivity contribution in [2.75, 3.05) is 13.2 Å². The topological polar surface area (TPSA) is 35.5 Å². The van der Waals surface area contributed by atoms with Crippen LogP contribution in [0.15, 0.2) is 24.3 Å². The van der Waals surface area contributed by atoms with E-state index < -0.39 is 6.61 Å². The van der Waals surface area contributed by atoms with Crippen molar-refractivity contribution < 1.29 is 23.0 Å². The van der Waals surface area contributed by atoms with Gasteiger partial charge in [0.2, 0.25) is 0 Å². The van der Waals surface area contributed by atoms with E-state index in [-0.39, 0.29) is 18.1 Å². The van der Waals surface area contributed by atoms with E-state index in [0.29, 0.717) is 12.2 Å². The zero-order chi connectivity index (χ0) is 12.0. The van der Waals surface area contributed by atoms with Crippen LogP contribution in [-0.4, -0.2) is 25.6 Å². The van der Waals surface area contributed by atoms with Crippen molar-refractivity contribution in [1.82, 2.24) is 0 Å². The molecule has 0 unspecified atom stereocenters. The van der Waals surface area contributed by atoms with Crippen LogP contribution < -0.4 is 4.74 Å². The molecule has 3 nitrogen and oxygen atoms in total. The minimum Gasteiger partial charge on any atom is -0.435 e. The van der Waals surface area contributed by atoms with Crippen molar-refractivity contribution in [3.63, 3.8) is 0 Å². The molecule has 0 fully saturated rings. The fraction of sp³-hybridized carbons (Fsp3) is 0.364. The molecule has 0 aliphatic rings. The SMILES string of the molecule is CCOCC(=O)c1ccc(OC(F)F)cc1. The number of ether oxygens (including phenoxy) is 2. The number of hydrogen-bond acceptors (Lipinski definition) is 3. The summed E-state index contributed by atoms with van der Waals surface area (Å²) in [7, 11) is 0. The number of halogens is 2. The first-order chi connectivity index (χ1) is 7.63. The molecule has 0 atom stereocenters. The monoisotopic (exact) mass is 230 g/mol. The normalized spacial score (nSPS) is 10.5. The van der Waals surface area contributed by atoms with Crippen molar-refractivity contribution in [2.24, 2.45) is 0 Å². The predicted octanol–water partition coefficient (Wildman–Crippen LogP) is 2.51. The second-order valence-corrected chi connectivity index (χ2v) is 2.96. The summed E-state index contributed by atoms with van der Waals surface area (Å²) in [6, 6.07) is 5.51. The molecule has 1 aromatic rings. The molecule has 0 heterocycles. The Morgan fingerprint density at radius 1 is 1.31 bits per heavy atom. The minimum absolute atomic E-state index is 0.00838. The minimum atomic E-state index is -2.86. The van der Waals surface area contributed by atoms with Gasteiger partial charge in [0.05, 0.1) is 0 Å². The Balaban J connectivity index is 2.60. The van der Waals surface area contributed by atoms with Crippen LogP contribution in [0.5, 0.6) is 5.75 Å². The van der Waals surface area contributed by atoms with Crippen LogP contribution in [0.1, 0.15) is 17.3 Å². The Morgan fingerprint density at radius 3 is 2.44 bits per heavy atom. The van der Waals surface area contributed by atoms with Gasteiger partial charge in [-0.15, -0.1) is 0 Å². The van der Waals surface area contributed by atoms with E-state index >= 15 is 0 Å². The second kappa shape index (κ2) is 6.17. The van der Waals surface area contributed by atoms with E-state index in [4.69, 9.17) is 4.74 Å². The molecule has 0 N–H and O–H groups in total. The van der Waals surface area contributed by atoms with E-state index in [1.807, 2.05) is 0 Å². The van der Waals surface area contributed by atoms with Crippen molar-refractivity contribution >= 4 is 5.78 Å². The fourth-order valence-electron chi connectivity index (χ4n) is 1.10. The molecule has 0 aliphatic heterocycles. The van der Waals surface area contributed by atoms with Gasteiger partial charge in [0.15, 0.2) is 5.78 Å². The van der Waals surface area contributed by atoms with E-state index in [2.05, 4.69) is 4.74 Å². The Morgan fingerprint density at radius 2 is 1.94 bits per heavy atom. The highest BCUT2D eigenvalue weighted by molar-refractivity contribution is 5.97. The zero-order valence-corrected chi connectivity index (χ0v) is 8.78. The molecular weight excluding hydrogens is 218 g/mol. The Kier molecular flexibility index (Phi) is 4.85. The summed E-state index contributed by atoms with van der Waals surface area (Å²) in [6.07, 6.45) is 0. The van der Waals surface area contributed by atoms with Crippen molar-refractivity contribution in [3.05, 3.63) is 29.8 Å².